The Morgan fingerprint density at radius 1 is 0.636 bits per heavy atom. The van der Waals surface area contributed by atoms with Crippen LogP contribution in [0, 0.1) is 0 Å². The molecule has 5 heterocycles. The van der Waals surface area contributed by atoms with Crippen molar-refractivity contribution in [3.05, 3.63) is 115 Å². The minimum Gasteiger partial charge on any atom is -0.393 e. The number of hydrogen-bond donors (Lipinski definition) is 0. The van der Waals surface area contributed by atoms with Gasteiger partial charge < -0.3 is 9.79 Å². The molecular weight excluding hydrogens is 589 g/mol. The van der Waals surface area contributed by atoms with Gasteiger partial charge >= 0.3 is 19.8 Å². The van der Waals surface area contributed by atoms with E-state index in [0.29, 0.717) is 12.0 Å². The summed E-state index contributed by atoms with van der Waals surface area (Å²) in [6.45, 7) is 0. The topological polar surface area (TPSA) is 81.0 Å². The van der Waals surface area contributed by atoms with Crippen molar-refractivity contribution in [2.24, 2.45) is 4.99 Å². The number of nitrogens with zero attached hydrogens (tertiary/aromatic N) is 5. The van der Waals surface area contributed by atoms with E-state index in [0.717, 1.165) is 22.8 Å². The molecule has 4 aromatic rings. The Bertz CT molecular complexity index is 1030. The largest absolute Gasteiger partial charge is 1.00 e. The summed E-state index contributed by atoms with van der Waals surface area (Å²) in [6.07, 6.45) is 13.6. The molecule has 0 saturated heterocycles. The third kappa shape index (κ3) is 9.00. The molecule has 0 unspecified atom stereocenters. The molecule has 33 heavy (non-hydrogen) atoms. The Balaban J connectivity index is 0.000000177. The van der Waals surface area contributed by atoms with E-state index in [1.54, 1.807) is 43.0 Å². The van der Waals surface area contributed by atoms with Crippen molar-refractivity contribution in [2.75, 3.05) is 0 Å². The standard InChI is InChI=1S/2C10H8N2.C6H4NO.Os/c2*1-3-7-11-9(5-1)10-6-2-4-8-12-10;8-5-6-2-1-3-7-4-6;/h2*1-8H;1,3H,2H2;/q;;-1;+1. The maximum atomic E-state index is 9.84. The number of aromatic nitrogens is 4. The summed E-state index contributed by atoms with van der Waals surface area (Å²) in [6, 6.07) is 23.2. The summed E-state index contributed by atoms with van der Waals surface area (Å²) in [7, 11) is 0. The summed E-state index contributed by atoms with van der Waals surface area (Å²) in [5.41, 5.74) is 4.15. The van der Waals surface area contributed by atoms with E-state index < -0.39 is 0 Å². The van der Waals surface area contributed by atoms with E-state index in [1.165, 1.54) is 0 Å². The van der Waals surface area contributed by atoms with Crippen molar-refractivity contribution in [3.63, 3.8) is 0 Å². The number of hydrogen-bond acceptors (Lipinski definition) is 6. The van der Waals surface area contributed by atoms with Gasteiger partial charge in [-0.05, 0) is 60.9 Å². The van der Waals surface area contributed by atoms with Crippen molar-refractivity contribution >= 4 is 12.2 Å². The molecule has 163 valence electrons. The van der Waals surface area contributed by atoms with Gasteiger partial charge in [-0.15, -0.1) is 6.08 Å². The summed E-state index contributed by atoms with van der Waals surface area (Å²) in [5.74, 6) is 1.71. The SMILES string of the molecule is O=C=C1[C-]=NC=CC1.[Os+].c1ccc(-c2ccccn2)nc1.c1ccc(-c2ccccn2)nc1. The maximum absolute atomic E-state index is 9.84. The molecule has 0 atom stereocenters. The summed E-state index contributed by atoms with van der Waals surface area (Å²) >= 11 is 0. The molecule has 1 aliphatic rings. The quantitative estimate of drug-likeness (QED) is 0.239. The van der Waals surface area contributed by atoms with Crippen LogP contribution in [-0.2, 0) is 24.6 Å². The van der Waals surface area contributed by atoms with Crippen LogP contribution in [0.5, 0.6) is 0 Å². The van der Waals surface area contributed by atoms with Crippen molar-refractivity contribution < 1.29 is 24.6 Å². The molecule has 0 spiro atoms. The molecule has 0 bridgehead atoms. The van der Waals surface area contributed by atoms with Crippen molar-refractivity contribution in [2.45, 2.75) is 6.42 Å². The fraction of sp³-hybridized carbons (Fsp3) is 0.0385. The molecule has 0 saturated carbocycles. The third-order valence-corrected chi connectivity index (χ3v) is 4.01. The predicted molar refractivity (Wildman–Crippen MR) is 125 cm³/mol. The summed E-state index contributed by atoms with van der Waals surface area (Å²) in [5, 5.41) is 0. The monoisotopic (exact) mass is 610 g/mol. The van der Waals surface area contributed by atoms with Gasteiger partial charge in [0.15, 0.2) is 0 Å². The minimum atomic E-state index is 0. The minimum absolute atomic E-state index is 0. The van der Waals surface area contributed by atoms with E-state index in [2.05, 4.69) is 31.1 Å². The van der Waals surface area contributed by atoms with Crippen LogP contribution in [0.3, 0.4) is 0 Å². The van der Waals surface area contributed by atoms with Crippen LogP contribution in [0.25, 0.3) is 22.8 Å². The van der Waals surface area contributed by atoms with E-state index in [4.69, 9.17) is 0 Å². The van der Waals surface area contributed by atoms with Crippen LogP contribution < -0.4 is 0 Å². The molecule has 1 aliphatic heterocycles. The van der Waals surface area contributed by atoms with E-state index >= 15 is 0 Å². The number of aliphatic imine (C=N–C) groups is 1. The van der Waals surface area contributed by atoms with Gasteiger partial charge in [0, 0.05) is 24.8 Å². The van der Waals surface area contributed by atoms with Gasteiger partial charge in [0.05, 0.1) is 22.8 Å². The van der Waals surface area contributed by atoms with E-state index in [9.17, 15) is 4.79 Å². The van der Waals surface area contributed by atoms with Crippen LogP contribution in [0.15, 0.2) is 120 Å². The van der Waals surface area contributed by atoms with Crippen LogP contribution in [0.4, 0.5) is 0 Å². The van der Waals surface area contributed by atoms with Gasteiger partial charge in [0.2, 0.25) is 0 Å². The average Bonchev–Trinajstić information content (AvgIpc) is 2.92. The van der Waals surface area contributed by atoms with Crippen LogP contribution in [0.1, 0.15) is 6.42 Å². The van der Waals surface area contributed by atoms with Gasteiger partial charge in [0.1, 0.15) is 0 Å². The van der Waals surface area contributed by atoms with Crippen molar-refractivity contribution in [3.8, 4) is 22.8 Å². The van der Waals surface area contributed by atoms with Crippen LogP contribution in [-0.4, -0.2) is 32.1 Å². The number of rotatable bonds is 2. The zero-order valence-corrected chi connectivity index (χ0v) is 20.1. The first-order valence-electron chi connectivity index (χ1n) is 9.86. The Morgan fingerprint density at radius 2 is 1.03 bits per heavy atom. The number of allylic oxidation sites excluding steroid dienone is 2. The second-order valence-electron chi connectivity index (χ2n) is 6.27. The normalized spacial score (nSPS) is 11.0. The van der Waals surface area contributed by atoms with Crippen LogP contribution >= 0.6 is 0 Å². The predicted octanol–water partition coefficient (Wildman–Crippen LogP) is 4.89. The van der Waals surface area contributed by atoms with Crippen LogP contribution in [0.2, 0.25) is 0 Å². The average molecular weight is 609 g/mol. The fourth-order valence-electron chi connectivity index (χ4n) is 2.51. The Morgan fingerprint density at radius 3 is 1.24 bits per heavy atom. The first-order chi connectivity index (χ1) is 15.9. The second-order valence-corrected chi connectivity index (χ2v) is 6.27. The smallest absolute Gasteiger partial charge is 0.393 e. The van der Waals surface area contributed by atoms with Gasteiger partial charge in [0.25, 0.3) is 0 Å². The summed E-state index contributed by atoms with van der Waals surface area (Å²) in [4.78, 5) is 30.2. The number of pyridine rings is 4. The molecule has 0 N–H and O–H groups in total. The number of carbonyl (C=O) groups excluding carboxylic acids is 1. The van der Waals surface area contributed by atoms with Gasteiger partial charge in [-0.25, -0.2) is 0 Å². The van der Waals surface area contributed by atoms with Gasteiger partial charge in [-0.3, -0.25) is 19.9 Å². The van der Waals surface area contributed by atoms with Gasteiger partial charge in [-0.2, -0.15) is 0 Å². The molecule has 0 amide bonds. The Hall–Kier alpha value is -3.90. The van der Waals surface area contributed by atoms with Gasteiger partial charge in [-0.1, -0.05) is 42.3 Å². The van der Waals surface area contributed by atoms with Crippen molar-refractivity contribution in [1.29, 1.82) is 0 Å². The third-order valence-electron chi connectivity index (χ3n) is 4.01. The first-order valence-corrected chi connectivity index (χ1v) is 9.86. The summed E-state index contributed by atoms with van der Waals surface area (Å²) < 4.78 is 0. The molecule has 0 aromatic carbocycles. The Kier molecular flexibility index (Phi) is 11.5. The van der Waals surface area contributed by atoms with Crippen molar-refractivity contribution in [1.82, 2.24) is 19.9 Å². The molecular formula is C26H20N5OOs. The van der Waals surface area contributed by atoms with E-state index in [-0.39, 0.29) is 19.8 Å². The maximum Gasteiger partial charge on any atom is 1.00 e. The Labute approximate surface area is 206 Å². The molecule has 6 nitrogen and oxygen atoms in total. The second kappa shape index (κ2) is 15.0. The molecule has 7 heteroatoms. The molecule has 4 aromatic heterocycles. The molecule has 1 radical (unpaired) electrons. The zero-order chi connectivity index (χ0) is 22.3. The molecule has 0 aliphatic carbocycles. The van der Waals surface area contributed by atoms with E-state index in [1.807, 2.05) is 72.8 Å². The zero-order valence-electron chi connectivity index (χ0n) is 17.6. The first kappa shape index (κ1) is 25.4. The molecule has 5 rings (SSSR count). The molecule has 0 fully saturated rings. The fourth-order valence-corrected chi connectivity index (χ4v) is 2.51.